The van der Waals surface area contributed by atoms with E-state index in [1.54, 1.807) is 0 Å². The first-order valence-corrected chi connectivity index (χ1v) is 13.8. The lowest BCUT2D eigenvalue weighted by Gasteiger charge is -2.35. The van der Waals surface area contributed by atoms with Gasteiger partial charge in [-0.3, -0.25) is 0 Å². The lowest BCUT2D eigenvalue weighted by Crippen LogP contribution is -2.35. The number of benzene rings is 5. The van der Waals surface area contributed by atoms with Crippen LogP contribution in [0, 0.1) is 13.8 Å². The van der Waals surface area contributed by atoms with E-state index in [1.165, 1.54) is 11.1 Å². The third-order valence-electron chi connectivity index (χ3n) is 7.23. The van der Waals surface area contributed by atoms with E-state index in [2.05, 4.69) is 38.1 Å². The van der Waals surface area contributed by atoms with Crippen molar-refractivity contribution >= 4 is 23.1 Å². The van der Waals surface area contributed by atoms with Crippen LogP contribution in [0.15, 0.2) is 103 Å². The molecule has 5 aromatic rings. The molecule has 36 heavy (non-hydrogen) atoms. The molecule has 0 fully saturated rings. The maximum Gasteiger partial charge on any atom is 0.185 e. The van der Waals surface area contributed by atoms with Gasteiger partial charge in [0.25, 0.3) is 0 Å². The van der Waals surface area contributed by atoms with Crippen molar-refractivity contribution in [2.45, 2.75) is 13.8 Å². The van der Waals surface area contributed by atoms with Crippen molar-refractivity contribution in [3.63, 3.8) is 0 Å². The Bertz CT molecular complexity index is 1630. The van der Waals surface area contributed by atoms with Crippen molar-refractivity contribution in [3.8, 4) is 45.3 Å². The van der Waals surface area contributed by atoms with Gasteiger partial charge in [-0.25, -0.2) is 0 Å². The van der Waals surface area contributed by atoms with E-state index in [0.717, 1.165) is 32.9 Å². The quantitative estimate of drug-likeness (QED) is 0.238. The van der Waals surface area contributed by atoms with Gasteiger partial charge in [-0.2, -0.15) is 0 Å². The Labute approximate surface area is 210 Å². The van der Waals surface area contributed by atoms with Crippen LogP contribution in [-0.4, -0.2) is 0 Å². The largest absolute Gasteiger partial charge is 0.456 e. The number of hydrogen-bond donors (Lipinski definition) is 0. The zero-order valence-corrected chi connectivity index (χ0v) is 20.9. The fourth-order valence-electron chi connectivity index (χ4n) is 5.41. The minimum absolute atomic E-state index is 0.596. The first kappa shape index (κ1) is 21.2. The summed E-state index contributed by atoms with van der Waals surface area (Å²) in [6.07, 6.45) is 0. The number of aryl methyl sites for hydroxylation is 2. The van der Waals surface area contributed by atoms with Crippen LogP contribution in [0.1, 0.15) is 11.1 Å². The summed E-state index contributed by atoms with van der Waals surface area (Å²) in [5.74, 6) is 2.46. The van der Waals surface area contributed by atoms with Crippen LogP contribution in [0.4, 0.5) is 0 Å². The summed E-state index contributed by atoms with van der Waals surface area (Å²) in [5.41, 5.74) is 6.62. The first-order chi connectivity index (χ1) is 17.5. The maximum absolute atomic E-state index is 15.5. The van der Waals surface area contributed by atoms with Crippen molar-refractivity contribution in [1.29, 1.82) is 0 Å². The zero-order valence-electron chi connectivity index (χ0n) is 20.0. The molecule has 0 spiro atoms. The highest BCUT2D eigenvalue weighted by Crippen LogP contribution is 2.58. The lowest BCUT2D eigenvalue weighted by atomic mass is 10.0. The highest BCUT2D eigenvalue weighted by Gasteiger charge is 2.46. The van der Waals surface area contributed by atoms with Gasteiger partial charge in [-0.1, -0.05) is 66.7 Å². The first-order valence-electron chi connectivity index (χ1n) is 12.0. The Morgan fingerprint density at radius 2 is 1.00 bits per heavy atom. The fraction of sp³-hybridized carbons (Fsp3) is 0.0625. The van der Waals surface area contributed by atoms with Crippen LogP contribution in [-0.2, 0) is 4.57 Å². The molecule has 174 valence electrons. The molecule has 0 aromatic heterocycles. The number of hydrogen-bond acceptors (Lipinski definition) is 3. The average Bonchev–Trinajstić information content (AvgIpc) is 2.89. The molecule has 3 nitrogen and oxygen atoms in total. The summed E-state index contributed by atoms with van der Waals surface area (Å²) in [7, 11) is -3.29. The summed E-state index contributed by atoms with van der Waals surface area (Å²) in [6, 6.07) is 34.3. The van der Waals surface area contributed by atoms with Gasteiger partial charge in [0.2, 0.25) is 0 Å². The summed E-state index contributed by atoms with van der Waals surface area (Å²) < 4.78 is 28.1. The summed E-state index contributed by atoms with van der Waals surface area (Å²) in [6.45, 7) is 4.19. The van der Waals surface area contributed by atoms with Crippen LogP contribution in [0.2, 0.25) is 0 Å². The molecule has 0 saturated carbocycles. The topological polar surface area (TPSA) is 35.5 Å². The van der Waals surface area contributed by atoms with Crippen molar-refractivity contribution in [1.82, 2.24) is 0 Å². The van der Waals surface area contributed by atoms with Gasteiger partial charge in [0.05, 0.1) is 10.6 Å². The highest BCUT2D eigenvalue weighted by molar-refractivity contribution is 7.86. The molecule has 7 rings (SSSR count). The van der Waals surface area contributed by atoms with Crippen molar-refractivity contribution in [2.24, 2.45) is 0 Å². The highest BCUT2D eigenvalue weighted by atomic mass is 31.2. The number of ether oxygens (including phenoxy) is 2. The minimum Gasteiger partial charge on any atom is -0.456 e. The minimum atomic E-state index is -3.29. The fourth-order valence-corrected chi connectivity index (χ4v) is 8.52. The van der Waals surface area contributed by atoms with Crippen LogP contribution >= 0.6 is 7.14 Å². The van der Waals surface area contributed by atoms with Gasteiger partial charge in [0.1, 0.15) is 28.3 Å². The monoisotopic (exact) mass is 486 g/mol. The molecule has 5 aromatic carbocycles. The van der Waals surface area contributed by atoms with Crippen LogP contribution < -0.4 is 25.4 Å². The number of fused-ring (bicyclic) bond motifs is 4. The summed E-state index contributed by atoms with van der Waals surface area (Å²) in [4.78, 5) is 0. The summed E-state index contributed by atoms with van der Waals surface area (Å²) >= 11 is 0. The Hall–Kier alpha value is -4.07. The van der Waals surface area contributed by atoms with Crippen LogP contribution in [0.25, 0.3) is 22.3 Å². The summed E-state index contributed by atoms with van der Waals surface area (Å²) in [5, 5.41) is 2.08. The molecule has 4 heteroatoms. The van der Waals surface area contributed by atoms with Gasteiger partial charge in [0.15, 0.2) is 7.14 Å². The van der Waals surface area contributed by atoms with E-state index in [0.29, 0.717) is 28.3 Å². The second kappa shape index (κ2) is 7.71. The van der Waals surface area contributed by atoms with Gasteiger partial charge >= 0.3 is 0 Å². The van der Waals surface area contributed by atoms with Crippen molar-refractivity contribution in [3.05, 3.63) is 114 Å². The van der Waals surface area contributed by atoms with Gasteiger partial charge in [0, 0.05) is 0 Å². The Morgan fingerprint density at radius 3 is 1.47 bits per heavy atom. The Balaban J connectivity index is 1.52. The van der Waals surface area contributed by atoms with Crippen LogP contribution in [0.3, 0.4) is 0 Å². The Kier molecular flexibility index (Phi) is 4.55. The Morgan fingerprint density at radius 1 is 0.528 bits per heavy atom. The second-order valence-corrected chi connectivity index (χ2v) is 12.0. The molecule has 0 amide bonds. The second-order valence-electron chi connectivity index (χ2n) is 9.41. The molecule has 0 bridgehead atoms. The predicted molar refractivity (Wildman–Crippen MR) is 146 cm³/mol. The van der Waals surface area contributed by atoms with E-state index in [9.17, 15) is 0 Å². The molecular weight excluding hydrogens is 463 g/mol. The van der Waals surface area contributed by atoms with Gasteiger partial charge in [-0.15, -0.1) is 0 Å². The maximum atomic E-state index is 15.5. The van der Waals surface area contributed by atoms with Gasteiger partial charge < -0.3 is 14.0 Å². The molecule has 0 aliphatic carbocycles. The van der Waals surface area contributed by atoms with Crippen LogP contribution in [0.5, 0.6) is 23.0 Å². The van der Waals surface area contributed by atoms with E-state index in [4.69, 9.17) is 9.47 Å². The molecule has 0 N–H and O–H groups in total. The molecule has 0 saturated heterocycles. The van der Waals surface area contributed by atoms with E-state index < -0.39 is 7.14 Å². The van der Waals surface area contributed by atoms with E-state index in [1.807, 2.05) is 78.9 Å². The van der Waals surface area contributed by atoms with Crippen molar-refractivity contribution in [2.75, 3.05) is 0 Å². The SMILES string of the molecule is Cc1ccccc1-c1ccc2c(c1)P1(=O)c3cc(-c4ccccc4C)ccc3Oc3cccc(c31)O2. The molecule has 2 heterocycles. The lowest BCUT2D eigenvalue weighted by molar-refractivity contribution is 0.462. The zero-order chi connectivity index (χ0) is 24.4. The molecule has 0 atom stereocenters. The molecule has 2 aliphatic rings. The molecule has 2 aliphatic heterocycles. The average molecular weight is 487 g/mol. The number of rotatable bonds is 2. The normalized spacial score (nSPS) is 14.1. The van der Waals surface area contributed by atoms with E-state index >= 15 is 4.57 Å². The van der Waals surface area contributed by atoms with Crippen molar-refractivity contribution < 1.29 is 14.0 Å². The molecular formula is C32H23O3P. The third kappa shape index (κ3) is 2.96. The molecule has 0 radical (unpaired) electrons. The predicted octanol–water partition coefficient (Wildman–Crippen LogP) is 7.49. The smallest absolute Gasteiger partial charge is 0.185 e. The standard InChI is InChI=1S/C32H23O3P/c1-20-8-3-5-10-24(20)22-14-16-26-30(18-22)36(33)31-19-23(25-11-6-4-9-21(25)2)15-17-27(31)35-29-13-7-12-28(34-26)32(29)36/h3-19H,1-2H3. The van der Waals surface area contributed by atoms with Gasteiger partial charge in [-0.05, 0) is 83.6 Å². The molecule has 0 unspecified atom stereocenters. The van der Waals surface area contributed by atoms with E-state index in [-0.39, 0.29) is 0 Å². The third-order valence-corrected chi connectivity index (χ3v) is 10.4.